The van der Waals surface area contributed by atoms with Crippen LogP contribution in [0.5, 0.6) is 0 Å². The molecule has 0 aromatic heterocycles. The zero-order chi connectivity index (χ0) is 11.0. The van der Waals surface area contributed by atoms with Gasteiger partial charge in [-0.15, -0.1) is 6.58 Å². The normalized spacial score (nSPS) is 38.2. The molecule has 1 saturated carbocycles. The Morgan fingerprint density at radius 2 is 2.07 bits per heavy atom. The largest absolute Gasteiger partial charge is 0.271 e. The molecule has 0 heterocycles. The molecule has 0 aromatic rings. The molecular formula is C12H24N2. The van der Waals surface area contributed by atoms with Crippen LogP contribution in [-0.2, 0) is 0 Å². The molecule has 14 heavy (non-hydrogen) atoms. The third-order valence-electron chi connectivity index (χ3n) is 4.90. The quantitative estimate of drug-likeness (QED) is 0.413. The van der Waals surface area contributed by atoms with Gasteiger partial charge in [0.15, 0.2) is 0 Å². The van der Waals surface area contributed by atoms with Crippen LogP contribution in [0.4, 0.5) is 0 Å². The zero-order valence-electron chi connectivity index (χ0n) is 9.93. The second-order valence-electron chi connectivity index (χ2n) is 5.46. The van der Waals surface area contributed by atoms with Gasteiger partial charge in [0.1, 0.15) is 0 Å². The molecule has 3 atom stereocenters. The molecule has 3 N–H and O–H groups in total. The van der Waals surface area contributed by atoms with Crippen molar-refractivity contribution in [1.29, 1.82) is 0 Å². The van der Waals surface area contributed by atoms with Crippen LogP contribution in [0.3, 0.4) is 0 Å². The van der Waals surface area contributed by atoms with Crippen molar-refractivity contribution in [3.05, 3.63) is 12.7 Å². The van der Waals surface area contributed by atoms with E-state index in [-0.39, 0.29) is 11.5 Å². The average molecular weight is 196 g/mol. The van der Waals surface area contributed by atoms with Crippen LogP contribution in [0.2, 0.25) is 0 Å². The van der Waals surface area contributed by atoms with E-state index >= 15 is 0 Å². The maximum absolute atomic E-state index is 5.59. The summed E-state index contributed by atoms with van der Waals surface area (Å²) in [4.78, 5) is 0. The van der Waals surface area contributed by atoms with Gasteiger partial charge in [0.05, 0.1) is 0 Å². The minimum atomic E-state index is 0.211. The predicted molar refractivity (Wildman–Crippen MR) is 61.6 cm³/mol. The number of hydrazine groups is 1. The summed E-state index contributed by atoms with van der Waals surface area (Å²) in [6.07, 6.45) is 4.46. The molecule has 1 rings (SSSR count). The maximum Gasteiger partial charge on any atom is 0.0446 e. The van der Waals surface area contributed by atoms with E-state index in [1.165, 1.54) is 12.8 Å². The van der Waals surface area contributed by atoms with Crippen molar-refractivity contribution in [2.24, 2.45) is 22.6 Å². The SMILES string of the molecule is C=CC(NN)[C@@]1(C)CC[C@@H](C)C1(C)C. The molecular weight excluding hydrogens is 172 g/mol. The van der Waals surface area contributed by atoms with E-state index in [1.54, 1.807) is 0 Å². The van der Waals surface area contributed by atoms with Gasteiger partial charge in [-0.1, -0.05) is 33.8 Å². The second-order valence-corrected chi connectivity index (χ2v) is 5.46. The molecule has 0 aromatic carbocycles. The Labute approximate surface area is 87.9 Å². The summed E-state index contributed by atoms with van der Waals surface area (Å²) in [7, 11) is 0. The first-order chi connectivity index (χ1) is 6.40. The Kier molecular flexibility index (Phi) is 3.07. The lowest BCUT2D eigenvalue weighted by Gasteiger charge is -2.45. The second kappa shape index (κ2) is 3.67. The van der Waals surface area contributed by atoms with E-state index in [4.69, 9.17) is 5.84 Å². The highest BCUT2D eigenvalue weighted by molar-refractivity contribution is 5.09. The summed E-state index contributed by atoms with van der Waals surface area (Å²) in [6.45, 7) is 13.2. The number of hydrogen-bond donors (Lipinski definition) is 2. The summed E-state index contributed by atoms with van der Waals surface area (Å²) in [5.41, 5.74) is 3.44. The number of hydrogen-bond acceptors (Lipinski definition) is 2. The molecule has 1 unspecified atom stereocenters. The summed E-state index contributed by atoms with van der Waals surface area (Å²) in [6, 6.07) is 0.211. The van der Waals surface area contributed by atoms with Crippen LogP contribution in [0.25, 0.3) is 0 Å². The van der Waals surface area contributed by atoms with Crippen molar-refractivity contribution in [1.82, 2.24) is 5.43 Å². The molecule has 0 spiro atoms. The highest BCUT2D eigenvalue weighted by atomic mass is 15.2. The van der Waals surface area contributed by atoms with E-state index in [9.17, 15) is 0 Å². The van der Waals surface area contributed by atoms with Gasteiger partial charge >= 0.3 is 0 Å². The van der Waals surface area contributed by atoms with Gasteiger partial charge in [-0.05, 0) is 29.6 Å². The van der Waals surface area contributed by atoms with Gasteiger partial charge in [-0.25, -0.2) is 0 Å². The standard InChI is InChI=1S/C12H24N2/c1-6-10(14-13)12(5)8-7-9(2)11(12,3)4/h6,9-10,14H,1,7-8,13H2,2-5H3/t9-,10?,12-/m1/s1. The van der Waals surface area contributed by atoms with Gasteiger partial charge in [-0.3, -0.25) is 11.3 Å². The van der Waals surface area contributed by atoms with Crippen LogP contribution in [0.1, 0.15) is 40.5 Å². The Balaban J connectivity index is 2.99. The van der Waals surface area contributed by atoms with E-state index in [1.807, 2.05) is 6.08 Å². The summed E-state index contributed by atoms with van der Waals surface area (Å²) >= 11 is 0. The third-order valence-corrected chi connectivity index (χ3v) is 4.90. The van der Waals surface area contributed by atoms with E-state index in [0.29, 0.717) is 5.41 Å². The molecule has 1 aliphatic rings. The van der Waals surface area contributed by atoms with Gasteiger partial charge in [0.2, 0.25) is 0 Å². The Morgan fingerprint density at radius 3 is 2.36 bits per heavy atom. The monoisotopic (exact) mass is 196 g/mol. The number of nitrogens with two attached hydrogens (primary N) is 1. The summed E-state index contributed by atoms with van der Waals surface area (Å²) in [5, 5.41) is 0. The topological polar surface area (TPSA) is 38.0 Å². The molecule has 2 nitrogen and oxygen atoms in total. The molecule has 82 valence electrons. The molecule has 1 aliphatic carbocycles. The lowest BCUT2D eigenvalue weighted by Crippen LogP contribution is -2.51. The van der Waals surface area contributed by atoms with Crippen LogP contribution < -0.4 is 11.3 Å². The lowest BCUT2D eigenvalue weighted by molar-refractivity contribution is 0.0690. The highest BCUT2D eigenvalue weighted by Gasteiger charge is 2.52. The Hall–Kier alpha value is -0.340. The first-order valence-electron chi connectivity index (χ1n) is 5.49. The van der Waals surface area contributed by atoms with Crippen LogP contribution in [0.15, 0.2) is 12.7 Å². The van der Waals surface area contributed by atoms with Crippen molar-refractivity contribution < 1.29 is 0 Å². The lowest BCUT2D eigenvalue weighted by atomic mass is 9.62. The minimum absolute atomic E-state index is 0.211. The Morgan fingerprint density at radius 1 is 1.50 bits per heavy atom. The zero-order valence-corrected chi connectivity index (χ0v) is 9.93. The van der Waals surface area contributed by atoms with Crippen molar-refractivity contribution >= 4 is 0 Å². The van der Waals surface area contributed by atoms with Crippen LogP contribution >= 0.6 is 0 Å². The van der Waals surface area contributed by atoms with Crippen LogP contribution in [0, 0.1) is 16.7 Å². The van der Waals surface area contributed by atoms with Gasteiger partial charge < -0.3 is 0 Å². The van der Waals surface area contributed by atoms with Crippen molar-refractivity contribution in [2.45, 2.75) is 46.6 Å². The molecule has 0 radical (unpaired) electrons. The first kappa shape index (κ1) is 11.7. The van der Waals surface area contributed by atoms with E-state index in [2.05, 4.69) is 39.7 Å². The van der Waals surface area contributed by atoms with Crippen molar-refractivity contribution in [3.8, 4) is 0 Å². The summed E-state index contributed by atoms with van der Waals surface area (Å²) < 4.78 is 0. The maximum atomic E-state index is 5.59. The van der Waals surface area contributed by atoms with Crippen molar-refractivity contribution in [3.63, 3.8) is 0 Å². The average Bonchev–Trinajstić information content (AvgIpc) is 2.33. The molecule has 0 aliphatic heterocycles. The first-order valence-corrected chi connectivity index (χ1v) is 5.49. The minimum Gasteiger partial charge on any atom is -0.271 e. The van der Waals surface area contributed by atoms with Gasteiger partial charge in [0, 0.05) is 6.04 Å². The van der Waals surface area contributed by atoms with E-state index in [0.717, 1.165) is 5.92 Å². The summed E-state index contributed by atoms with van der Waals surface area (Å²) in [5.74, 6) is 6.35. The third kappa shape index (κ3) is 1.41. The Bertz CT molecular complexity index is 222. The van der Waals surface area contributed by atoms with E-state index < -0.39 is 0 Å². The van der Waals surface area contributed by atoms with Gasteiger partial charge in [0.25, 0.3) is 0 Å². The fraction of sp³-hybridized carbons (Fsp3) is 0.833. The molecule has 0 amide bonds. The fourth-order valence-electron chi connectivity index (χ4n) is 2.83. The smallest absolute Gasteiger partial charge is 0.0446 e. The molecule has 0 bridgehead atoms. The molecule has 0 saturated heterocycles. The number of nitrogens with one attached hydrogen (secondary N) is 1. The van der Waals surface area contributed by atoms with Gasteiger partial charge in [-0.2, -0.15) is 0 Å². The number of rotatable bonds is 3. The fourth-order valence-corrected chi connectivity index (χ4v) is 2.83. The molecule has 2 heteroatoms. The molecule has 1 fully saturated rings. The van der Waals surface area contributed by atoms with Crippen molar-refractivity contribution in [2.75, 3.05) is 0 Å². The van der Waals surface area contributed by atoms with Crippen LogP contribution in [-0.4, -0.2) is 6.04 Å². The predicted octanol–water partition coefficient (Wildman–Crippen LogP) is 2.47. The highest BCUT2D eigenvalue weighted by Crippen LogP contribution is 2.57.